The number of amides is 1. The monoisotopic (exact) mass is 450 g/mol. The van der Waals surface area contributed by atoms with Crippen molar-refractivity contribution in [1.29, 1.82) is 0 Å². The fraction of sp³-hybridized carbons (Fsp3) is 0.882. The SMILES string of the molecule is CCOC1CC(NC(=NC)NC2CCC(=O)NC2)C12CCCC2.I. The van der Waals surface area contributed by atoms with Gasteiger partial charge in [-0.1, -0.05) is 12.8 Å². The molecule has 1 aliphatic heterocycles. The Labute approximate surface area is 162 Å². The van der Waals surface area contributed by atoms with Crippen LogP contribution in [0.25, 0.3) is 0 Å². The second-order valence-corrected chi connectivity index (χ2v) is 7.07. The maximum Gasteiger partial charge on any atom is 0.220 e. The Balaban J connectivity index is 0.00000208. The van der Waals surface area contributed by atoms with Crippen LogP contribution < -0.4 is 16.0 Å². The molecular formula is C17H31IN4O2. The van der Waals surface area contributed by atoms with Crippen LogP contribution in [0, 0.1) is 5.41 Å². The molecule has 0 aromatic rings. The van der Waals surface area contributed by atoms with Crippen molar-refractivity contribution >= 4 is 35.8 Å². The number of carbonyl (C=O) groups is 1. The third-order valence-corrected chi connectivity index (χ3v) is 5.83. The third-order valence-electron chi connectivity index (χ3n) is 5.83. The summed E-state index contributed by atoms with van der Waals surface area (Å²) in [6.07, 6.45) is 8.05. The summed E-state index contributed by atoms with van der Waals surface area (Å²) in [5.74, 6) is 1.01. The first-order valence-electron chi connectivity index (χ1n) is 9.06. The number of aliphatic imine (C=N–C) groups is 1. The van der Waals surface area contributed by atoms with Crippen LogP contribution in [0.15, 0.2) is 4.99 Å². The van der Waals surface area contributed by atoms with Gasteiger partial charge in [0.1, 0.15) is 0 Å². The van der Waals surface area contributed by atoms with Gasteiger partial charge in [-0.05, 0) is 32.6 Å². The average Bonchev–Trinajstić information content (AvgIpc) is 3.07. The van der Waals surface area contributed by atoms with Crippen LogP contribution in [0.3, 0.4) is 0 Å². The molecule has 1 amide bonds. The lowest BCUT2D eigenvalue weighted by molar-refractivity contribution is -0.126. The summed E-state index contributed by atoms with van der Waals surface area (Å²) in [4.78, 5) is 15.7. The van der Waals surface area contributed by atoms with Gasteiger partial charge in [0, 0.05) is 44.1 Å². The van der Waals surface area contributed by atoms with Crippen molar-refractivity contribution in [2.75, 3.05) is 20.2 Å². The molecule has 24 heavy (non-hydrogen) atoms. The van der Waals surface area contributed by atoms with E-state index in [2.05, 4.69) is 27.9 Å². The van der Waals surface area contributed by atoms with E-state index in [1.807, 2.05) is 7.05 Å². The summed E-state index contributed by atoms with van der Waals surface area (Å²) in [7, 11) is 1.82. The number of nitrogens with one attached hydrogen (secondary N) is 3. The molecule has 3 unspecified atom stereocenters. The molecule has 3 rings (SSSR count). The van der Waals surface area contributed by atoms with E-state index in [1.54, 1.807) is 0 Å². The number of hydrogen-bond donors (Lipinski definition) is 3. The highest BCUT2D eigenvalue weighted by molar-refractivity contribution is 14.0. The van der Waals surface area contributed by atoms with Crippen LogP contribution >= 0.6 is 24.0 Å². The van der Waals surface area contributed by atoms with E-state index in [0.717, 1.165) is 25.4 Å². The van der Waals surface area contributed by atoms with Crippen molar-refractivity contribution < 1.29 is 9.53 Å². The van der Waals surface area contributed by atoms with Crippen LogP contribution in [0.2, 0.25) is 0 Å². The summed E-state index contributed by atoms with van der Waals surface area (Å²) in [5.41, 5.74) is 0.300. The standard InChI is InChI=1S/C17H30N4O2.HI/c1-3-23-14-10-13(17(14)8-4-5-9-17)21-16(18-2)20-12-6-7-15(22)19-11-12;/h12-14H,3-11H2,1-2H3,(H,19,22)(H2,18,20,21);1H. The molecule has 1 saturated heterocycles. The zero-order valence-electron chi connectivity index (χ0n) is 14.8. The Morgan fingerprint density at radius 2 is 2.12 bits per heavy atom. The normalized spacial score (nSPS) is 31.8. The quantitative estimate of drug-likeness (QED) is 0.347. The summed E-state index contributed by atoms with van der Waals surface area (Å²) in [6.45, 7) is 3.56. The number of ether oxygens (including phenoxy) is 1. The molecule has 7 heteroatoms. The zero-order valence-corrected chi connectivity index (χ0v) is 17.1. The molecule has 138 valence electrons. The van der Waals surface area contributed by atoms with E-state index in [4.69, 9.17) is 4.74 Å². The first-order chi connectivity index (χ1) is 11.2. The number of halogens is 1. The predicted octanol–water partition coefficient (Wildman–Crippen LogP) is 1.79. The molecule has 3 atom stereocenters. The van der Waals surface area contributed by atoms with Crippen molar-refractivity contribution in [2.24, 2.45) is 10.4 Å². The van der Waals surface area contributed by atoms with Gasteiger partial charge < -0.3 is 20.7 Å². The van der Waals surface area contributed by atoms with Crippen LogP contribution in [0.1, 0.15) is 51.9 Å². The smallest absolute Gasteiger partial charge is 0.220 e. The van der Waals surface area contributed by atoms with Gasteiger partial charge in [-0.25, -0.2) is 0 Å². The van der Waals surface area contributed by atoms with E-state index in [9.17, 15) is 4.79 Å². The van der Waals surface area contributed by atoms with Crippen LogP contribution in [-0.2, 0) is 9.53 Å². The molecule has 3 fully saturated rings. The maximum atomic E-state index is 11.3. The van der Waals surface area contributed by atoms with Crippen molar-refractivity contribution in [2.45, 2.75) is 70.1 Å². The van der Waals surface area contributed by atoms with Crippen molar-refractivity contribution in [3.63, 3.8) is 0 Å². The van der Waals surface area contributed by atoms with Crippen LogP contribution in [0.5, 0.6) is 0 Å². The topological polar surface area (TPSA) is 74.8 Å². The highest BCUT2D eigenvalue weighted by Gasteiger charge is 2.57. The molecule has 2 saturated carbocycles. The van der Waals surface area contributed by atoms with Gasteiger partial charge in [-0.15, -0.1) is 24.0 Å². The molecule has 3 N–H and O–H groups in total. The first kappa shape index (κ1) is 19.8. The number of hydrogen-bond acceptors (Lipinski definition) is 3. The van der Waals surface area contributed by atoms with Gasteiger partial charge in [0.05, 0.1) is 6.10 Å². The fourth-order valence-electron chi connectivity index (χ4n) is 4.47. The Hall–Kier alpha value is -0.570. The minimum absolute atomic E-state index is 0. The molecule has 3 aliphatic rings. The second-order valence-electron chi connectivity index (χ2n) is 7.07. The lowest BCUT2D eigenvalue weighted by atomic mass is 9.60. The van der Waals surface area contributed by atoms with Gasteiger partial charge in [-0.2, -0.15) is 0 Å². The van der Waals surface area contributed by atoms with Crippen molar-refractivity contribution in [3.05, 3.63) is 0 Å². The molecule has 1 heterocycles. The Bertz CT molecular complexity index is 456. The van der Waals surface area contributed by atoms with Crippen molar-refractivity contribution in [3.8, 4) is 0 Å². The number of guanidine groups is 1. The summed E-state index contributed by atoms with van der Waals surface area (Å²) in [6, 6.07) is 0.715. The van der Waals surface area contributed by atoms with Gasteiger partial charge >= 0.3 is 0 Å². The van der Waals surface area contributed by atoms with E-state index in [-0.39, 0.29) is 35.9 Å². The number of rotatable bonds is 4. The van der Waals surface area contributed by atoms with Gasteiger partial charge in [0.25, 0.3) is 0 Å². The summed E-state index contributed by atoms with van der Waals surface area (Å²) >= 11 is 0. The number of carbonyl (C=O) groups excluding carboxylic acids is 1. The molecular weight excluding hydrogens is 419 g/mol. The van der Waals surface area contributed by atoms with E-state index in [1.165, 1.54) is 25.7 Å². The van der Waals surface area contributed by atoms with Gasteiger partial charge in [0.2, 0.25) is 5.91 Å². The minimum atomic E-state index is 0. The Kier molecular flexibility index (Phi) is 7.15. The molecule has 1 spiro atoms. The predicted molar refractivity (Wildman–Crippen MR) is 106 cm³/mol. The lowest BCUT2D eigenvalue weighted by Gasteiger charge is -2.54. The summed E-state index contributed by atoms with van der Waals surface area (Å²) < 4.78 is 5.98. The molecule has 0 radical (unpaired) electrons. The average molecular weight is 450 g/mol. The highest BCUT2D eigenvalue weighted by atomic mass is 127. The number of nitrogens with zero attached hydrogens (tertiary/aromatic N) is 1. The third kappa shape index (κ3) is 3.98. The summed E-state index contributed by atoms with van der Waals surface area (Å²) in [5, 5.41) is 10.0. The molecule has 0 bridgehead atoms. The Morgan fingerprint density at radius 1 is 1.38 bits per heavy atom. The molecule has 6 nitrogen and oxygen atoms in total. The lowest BCUT2D eigenvalue weighted by Crippen LogP contribution is -2.66. The maximum absolute atomic E-state index is 11.3. The minimum Gasteiger partial charge on any atom is -0.378 e. The molecule has 0 aromatic heterocycles. The largest absolute Gasteiger partial charge is 0.378 e. The molecule has 2 aliphatic carbocycles. The second kappa shape index (κ2) is 8.69. The van der Waals surface area contributed by atoms with Gasteiger partial charge in [-0.3, -0.25) is 9.79 Å². The Morgan fingerprint density at radius 3 is 2.71 bits per heavy atom. The van der Waals surface area contributed by atoms with Crippen LogP contribution in [0.4, 0.5) is 0 Å². The van der Waals surface area contributed by atoms with E-state index >= 15 is 0 Å². The fourth-order valence-corrected chi connectivity index (χ4v) is 4.47. The molecule has 0 aromatic carbocycles. The van der Waals surface area contributed by atoms with Crippen molar-refractivity contribution in [1.82, 2.24) is 16.0 Å². The zero-order chi connectivity index (χ0) is 16.3. The van der Waals surface area contributed by atoms with Gasteiger partial charge in [0.15, 0.2) is 5.96 Å². The van der Waals surface area contributed by atoms with E-state index in [0.29, 0.717) is 30.5 Å². The number of piperidine rings is 1. The first-order valence-corrected chi connectivity index (χ1v) is 9.06. The van der Waals surface area contributed by atoms with Crippen LogP contribution in [-0.4, -0.2) is 50.3 Å². The van der Waals surface area contributed by atoms with E-state index < -0.39 is 0 Å². The highest BCUT2D eigenvalue weighted by Crippen LogP contribution is 2.54.